The first-order valence-electron chi connectivity index (χ1n) is 7.97. The maximum absolute atomic E-state index is 11.9. The molecule has 0 bridgehead atoms. The van der Waals surface area contributed by atoms with Crippen LogP contribution in [0.15, 0.2) is 24.5 Å². The van der Waals surface area contributed by atoms with Crippen molar-refractivity contribution in [2.75, 3.05) is 6.54 Å². The molecule has 2 aromatic rings. The van der Waals surface area contributed by atoms with Crippen LogP contribution in [0.1, 0.15) is 25.2 Å². The number of carbonyl (C=O) groups is 1. The van der Waals surface area contributed by atoms with E-state index in [0.29, 0.717) is 19.0 Å². The monoisotopic (exact) mass is 318 g/mol. The Hall–Kier alpha value is -2.31. The van der Waals surface area contributed by atoms with Gasteiger partial charge in [0.05, 0.1) is 12.2 Å². The van der Waals surface area contributed by atoms with Crippen LogP contribution in [0.2, 0.25) is 0 Å². The van der Waals surface area contributed by atoms with Crippen LogP contribution in [0.4, 0.5) is 4.79 Å². The van der Waals surface area contributed by atoms with Gasteiger partial charge in [-0.3, -0.25) is 9.36 Å². The van der Waals surface area contributed by atoms with Gasteiger partial charge in [0.1, 0.15) is 0 Å². The standard InChI is InChI=1S/C16H26N6O/c1-12(10-22-15(4)8-13(2)20-22)9-17-16(23)19-14(3)11-21-7-5-6-18-21/h5-8,12,14H,9-11H2,1-4H3,(H2,17,19,23)/t12-,14-/m1/s1. The fourth-order valence-electron chi connectivity index (χ4n) is 2.50. The molecule has 0 aliphatic heterocycles. The highest BCUT2D eigenvalue weighted by Gasteiger charge is 2.11. The second-order valence-electron chi connectivity index (χ2n) is 6.20. The van der Waals surface area contributed by atoms with E-state index in [2.05, 4.69) is 33.8 Å². The van der Waals surface area contributed by atoms with E-state index in [0.717, 1.165) is 17.9 Å². The van der Waals surface area contributed by atoms with Crippen LogP contribution in [-0.4, -0.2) is 38.2 Å². The average Bonchev–Trinajstić information content (AvgIpc) is 3.07. The molecule has 7 nitrogen and oxygen atoms in total. The van der Waals surface area contributed by atoms with Gasteiger partial charge in [0.25, 0.3) is 0 Å². The number of rotatable bonds is 7. The van der Waals surface area contributed by atoms with Crippen LogP contribution < -0.4 is 10.6 Å². The molecule has 2 heterocycles. The zero-order valence-electron chi connectivity index (χ0n) is 14.3. The largest absolute Gasteiger partial charge is 0.338 e. The molecule has 0 aliphatic carbocycles. The Morgan fingerprint density at radius 3 is 2.70 bits per heavy atom. The molecule has 2 rings (SSSR count). The van der Waals surface area contributed by atoms with Gasteiger partial charge in [0.15, 0.2) is 0 Å². The lowest BCUT2D eigenvalue weighted by Crippen LogP contribution is -2.44. The van der Waals surface area contributed by atoms with Crippen molar-refractivity contribution in [3.05, 3.63) is 35.9 Å². The van der Waals surface area contributed by atoms with E-state index >= 15 is 0 Å². The second kappa shape index (κ2) is 7.80. The molecule has 0 aliphatic rings. The summed E-state index contributed by atoms with van der Waals surface area (Å²) in [6.07, 6.45) is 3.61. The highest BCUT2D eigenvalue weighted by Crippen LogP contribution is 2.05. The van der Waals surface area contributed by atoms with E-state index in [-0.39, 0.29) is 12.1 Å². The first-order valence-corrected chi connectivity index (χ1v) is 7.97. The summed E-state index contributed by atoms with van der Waals surface area (Å²) < 4.78 is 3.79. The third kappa shape index (κ3) is 5.43. The predicted octanol–water partition coefficient (Wildman–Crippen LogP) is 1.72. The number of hydrogen-bond acceptors (Lipinski definition) is 3. The Kier molecular flexibility index (Phi) is 5.78. The van der Waals surface area contributed by atoms with Gasteiger partial charge in [-0.05, 0) is 38.8 Å². The van der Waals surface area contributed by atoms with Gasteiger partial charge in [0.2, 0.25) is 0 Å². The van der Waals surface area contributed by atoms with Gasteiger partial charge in [-0.2, -0.15) is 10.2 Å². The average molecular weight is 318 g/mol. The van der Waals surface area contributed by atoms with Gasteiger partial charge >= 0.3 is 6.03 Å². The number of aromatic nitrogens is 4. The van der Waals surface area contributed by atoms with E-state index in [1.54, 1.807) is 10.9 Å². The summed E-state index contributed by atoms with van der Waals surface area (Å²) in [5, 5.41) is 14.4. The lowest BCUT2D eigenvalue weighted by molar-refractivity contribution is 0.233. The minimum atomic E-state index is -0.148. The molecular weight excluding hydrogens is 292 g/mol. The van der Waals surface area contributed by atoms with Gasteiger partial charge in [-0.1, -0.05) is 6.92 Å². The Morgan fingerprint density at radius 1 is 1.30 bits per heavy atom. The molecule has 0 aromatic carbocycles. The van der Waals surface area contributed by atoms with Gasteiger partial charge in [0, 0.05) is 37.2 Å². The zero-order chi connectivity index (χ0) is 16.8. The fourth-order valence-corrected chi connectivity index (χ4v) is 2.50. The molecule has 7 heteroatoms. The van der Waals surface area contributed by atoms with Gasteiger partial charge in [-0.25, -0.2) is 4.79 Å². The number of aryl methyl sites for hydroxylation is 2. The molecular formula is C16H26N6O. The van der Waals surface area contributed by atoms with Gasteiger partial charge in [-0.15, -0.1) is 0 Å². The summed E-state index contributed by atoms with van der Waals surface area (Å²) in [5.41, 5.74) is 2.17. The third-order valence-corrected chi connectivity index (χ3v) is 3.60. The van der Waals surface area contributed by atoms with E-state index in [1.807, 2.05) is 37.7 Å². The minimum absolute atomic E-state index is 0.0150. The van der Waals surface area contributed by atoms with Crippen molar-refractivity contribution in [1.82, 2.24) is 30.2 Å². The molecule has 0 fully saturated rings. The topological polar surface area (TPSA) is 76.8 Å². The second-order valence-corrected chi connectivity index (χ2v) is 6.20. The quantitative estimate of drug-likeness (QED) is 0.816. The molecule has 2 atom stereocenters. The fraction of sp³-hybridized carbons (Fsp3) is 0.562. The van der Waals surface area contributed by atoms with Crippen LogP contribution in [0.5, 0.6) is 0 Å². The molecule has 23 heavy (non-hydrogen) atoms. The first kappa shape index (κ1) is 17.1. The Labute approximate surface area is 137 Å². The van der Waals surface area contributed by atoms with Crippen molar-refractivity contribution in [1.29, 1.82) is 0 Å². The molecule has 2 amide bonds. The predicted molar refractivity (Wildman–Crippen MR) is 89.1 cm³/mol. The summed E-state index contributed by atoms with van der Waals surface area (Å²) >= 11 is 0. The number of carbonyl (C=O) groups excluding carboxylic acids is 1. The Balaban J connectivity index is 1.70. The van der Waals surface area contributed by atoms with Crippen LogP contribution in [0.3, 0.4) is 0 Å². The summed E-state index contributed by atoms with van der Waals surface area (Å²) in [5.74, 6) is 0.306. The highest BCUT2D eigenvalue weighted by molar-refractivity contribution is 5.74. The number of urea groups is 1. The summed E-state index contributed by atoms with van der Waals surface area (Å²) in [6, 6.07) is 3.79. The molecule has 0 radical (unpaired) electrons. The number of nitrogens with one attached hydrogen (secondary N) is 2. The number of amides is 2. The number of hydrogen-bond donors (Lipinski definition) is 2. The van der Waals surface area contributed by atoms with Crippen LogP contribution in [0, 0.1) is 19.8 Å². The zero-order valence-corrected chi connectivity index (χ0v) is 14.3. The molecule has 0 unspecified atom stereocenters. The van der Waals surface area contributed by atoms with Crippen LogP contribution >= 0.6 is 0 Å². The molecule has 0 saturated carbocycles. The Morgan fingerprint density at radius 2 is 2.09 bits per heavy atom. The van der Waals surface area contributed by atoms with Gasteiger partial charge < -0.3 is 10.6 Å². The van der Waals surface area contributed by atoms with Crippen LogP contribution in [0.25, 0.3) is 0 Å². The minimum Gasteiger partial charge on any atom is -0.338 e. The molecule has 2 aromatic heterocycles. The van der Waals surface area contributed by atoms with Crippen LogP contribution in [-0.2, 0) is 13.1 Å². The normalized spacial score (nSPS) is 13.6. The van der Waals surface area contributed by atoms with Crippen molar-refractivity contribution < 1.29 is 4.79 Å². The summed E-state index contributed by atoms with van der Waals surface area (Å²) in [6.45, 7) is 10.2. The maximum atomic E-state index is 11.9. The Bertz CT molecular complexity index is 619. The summed E-state index contributed by atoms with van der Waals surface area (Å²) in [7, 11) is 0. The maximum Gasteiger partial charge on any atom is 0.315 e. The number of nitrogens with zero attached hydrogens (tertiary/aromatic N) is 4. The molecule has 2 N–H and O–H groups in total. The van der Waals surface area contributed by atoms with Crippen molar-refractivity contribution >= 4 is 6.03 Å². The molecule has 0 spiro atoms. The van der Waals surface area contributed by atoms with Crippen molar-refractivity contribution in [2.24, 2.45) is 5.92 Å². The van der Waals surface area contributed by atoms with E-state index < -0.39 is 0 Å². The SMILES string of the molecule is Cc1cc(C)n(C[C@H](C)CNC(=O)N[C@H](C)Cn2cccn2)n1. The summed E-state index contributed by atoms with van der Waals surface area (Å²) in [4.78, 5) is 11.9. The molecule has 126 valence electrons. The smallest absolute Gasteiger partial charge is 0.315 e. The molecule has 0 saturated heterocycles. The van der Waals surface area contributed by atoms with Crippen molar-refractivity contribution in [3.8, 4) is 0 Å². The highest BCUT2D eigenvalue weighted by atomic mass is 16.2. The van der Waals surface area contributed by atoms with E-state index in [1.165, 1.54) is 0 Å². The lowest BCUT2D eigenvalue weighted by atomic mass is 10.2. The lowest BCUT2D eigenvalue weighted by Gasteiger charge is -2.17. The van der Waals surface area contributed by atoms with Crippen molar-refractivity contribution in [2.45, 2.75) is 46.8 Å². The van der Waals surface area contributed by atoms with E-state index in [9.17, 15) is 4.79 Å². The first-order chi connectivity index (χ1) is 10.9. The van der Waals surface area contributed by atoms with E-state index in [4.69, 9.17) is 0 Å². The van der Waals surface area contributed by atoms with Crippen molar-refractivity contribution in [3.63, 3.8) is 0 Å². The third-order valence-electron chi connectivity index (χ3n) is 3.60.